The van der Waals surface area contributed by atoms with Crippen molar-refractivity contribution in [3.8, 4) is 0 Å². The van der Waals surface area contributed by atoms with Gasteiger partial charge in [0.25, 0.3) is 5.91 Å². The molecule has 1 fully saturated rings. The van der Waals surface area contributed by atoms with Gasteiger partial charge in [-0.3, -0.25) is 14.0 Å². The van der Waals surface area contributed by atoms with Crippen LogP contribution in [0.3, 0.4) is 0 Å². The maximum absolute atomic E-state index is 13.4. The monoisotopic (exact) mass is 479 g/mol. The number of carbonyl (C=O) groups is 2. The van der Waals surface area contributed by atoms with E-state index in [-0.39, 0.29) is 18.3 Å². The van der Waals surface area contributed by atoms with E-state index in [4.69, 9.17) is 4.74 Å². The van der Waals surface area contributed by atoms with Crippen LogP contribution in [0, 0.1) is 6.92 Å². The van der Waals surface area contributed by atoms with Gasteiger partial charge in [-0.25, -0.2) is 18.2 Å². The lowest BCUT2D eigenvalue weighted by Crippen LogP contribution is -2.32. The Morgan fingerprint density at radius 1 is 1.19 bits per heavy atom. The van der Waals surface area contributed by atoms with Crippen LogP contribution in [0.4, 0.5) is 10.8 Å². The minimum Gasteiger partial charge on any atom is -0.462 e. The van der Waals surface area contributed by atoms with E-state index in [2.05, 4.69) is 11.9 Å². The summed E-state index contributed by atoms with van der Waals surface area (Å²) in [5.41, 5.74) is 1.53. The van der Waals surface area contributed by atoms with E-state index >= 15 is 0 Å². The Morgan fingerprint density at radius 2 is 1.91 bits per heavy atom. The van der Waals surface area contributed by atoms with Crippen molar-refractivity contribution in [2.24, 2.45) is 0 Å². The Balaban J connectivity index is 1.86. The number of hydrogen-bond donors (Lipinski definition) is 0. The molecule has 2 heterocycles. The summed E-state index contributed by atoms with van der Waals surface area (Å²) in [4.78, 5) is 32.0. The van der Waals surface area contributed by atoms with Crippen molar-refractivity contribution in [3.05, 3.63) is 40.4 Å². The number of anilines is 2. The molecule has 174 valence electrons. The van der Waals surface area contributed by atoms with Crippen molar-refractivity contribution >= 4 is 44.1 Å². The fourth-order valence-corrected chi connectivity index (χ4v) is 6.09. The second kappa shape index (κ2) is 10.4. The molecule has 2 aromatic rings. The van der Waals surface area contributed by atoms with Crippen LogP contribution in [0.25, 0.3) is 0 Å². The molecule has 1 aromatic carbocycles. The average Bonchev–Trinajstić information content (AvgIpc) is 3.32. The molecule has 1 amide bonds. The molecular weight excluding hydrogens is 450 g/mol. The second-order valence-electron chi connectivity index (χ2n) is 7.58. The highest BCUT2D eigenvalue weighted by Crippen LogP contribution is 2.29. The summed E-state index contributed by atoms with van der Waals surface area (Å²) >= 11 is 1.15. The van der Waals surface area contributed by atoms with Crippen LogP contribution in [-0.4, -0.2) is 50.7 Å². The zero-order valence-electron chi connectivity index (χ0n) is 18.7. The lowest BCUT2D eigenvalue weighted by molar-refractivity contribution is 0.0531. The summed E-state index contributed by atoms with van der Waals surface area (Å²) in [5, 5.41) is 0.456. The van der Waals surface area contributed by atoms with E-state index < -0.39 is 16.0 Å². The Morgan fingerprint density at radius 3 is 2.50 bits per heavy atom. The molecule has 0 atom stereocenters. The highest BCUT2D eigenvalue weighted by Gasteiger charge is 2.29. The number of benzene rings is 1. The number of esters is 1. The highest BCUT2D eigenvalue weighted by molar-refractivity contribution is 7.93. The summed E-state index contributed by atoms with van der Waals surface area (Å²) in [6.45, 7) is 6.75. The van der Waals surface area contributed by atoms with E-state index in [1.54, 1.807) is 43.0 Å². The lowest BCUT2D eigenvalue weighted by Gasteiger charge is -2.21. The number of carbonyl (C=O) groups excluding carboxylic acids is 2. The number of sulfonamides is 1. The number of aromatic nitrogens is 1. The topological polar surface area (TPSA) is 96.9 Å². The van der Waals surface area contributed by atoms with Crippen LogP contribution < -0.4 is 9.21 Å². The summed E-state index contributed by atoms with van der Waals surface area (Å²) in [5.74, 6) is -0.530. The maximum atomic E-state index is 13.4. The van der Waals surface area contributed by atoms with Crippen LogP contribution in [0.1, 0.15) is 65.3 Å². The Labute approximate surface area is 193 Å². The Kier molecular flexibility index (Phi) is 7.89. The first kappa shape index (κ1) is 24.2. The van der Waals surface area contributed by atoms with Gasteiger partial charge in [-0.2, -0.15) is 0 Å². The minimum atomic E-state index is -3.28. The highest BCUT2D eigenvalue weighted by atomic mass is 32.2. The van der Waals surface area contributed by atoms with Gasteiger partial charge in [0.05, 0.1) is 23.7 Å². The molecule has 0 N–H and O–H groups in total. The first-order valence-corrected chi connectivity index (χ1v) is 13.3. The molecule has 0 saturated carbocycles. The third-order valence-corrected chi connectivity index (χ3v) is 8.24. The second-order valence-corrected chi connectivity index (χ2v) is 10.6. The van der Waals surface area contributed by atoms with Crippen molar-refractivity contribution in [1.82, 2.24) is 4.98 Å². The van der Waals surface area contributed by atoms with Crippen LogP contribution >= 0.6 is 11.3 Å². The van der Waals surface area contributed by atoms with E-state index in [1.807, 2.05) is 0 Å². The van der Waals surface area contributed by atoms with Gasteiger partial charge in [-0.15, -0.1) is 0 Å². The van der Waals surface area contributed by atoms with Crippen LogP contribution in [0.5, 0.6) is 0 Å². The van der Waals surface area contributed by atoms with E-state index in [0.29, 0.717) is 46.5 Å². The third-order valence-electron chi connectivity index (χ3n) is 5.21. The molecule has 1 aliphatic heterocycles. The average molecular weight is 480 g/mol. The number of ether oxygens (including phenoxy) is 1. The first-order chi connectivity index (χ1) is 15.3. The number of nitrogens with zero attached hydrogens (tertiary/aromatic N) is 3. The molecule has 3 rings (SSSR count). The number of amides is 1. The van der Waals surface area contributed by atoms with Gasteiger partial charge in [0.1, 0.15) is 4.88 Å². The largest absolute Gasteiger partial charge is 0.462 e. The molecule has 0 spiro atoms. The number of hydrogen-bond acceptors (Lipinski definition) is 7. The zero-order chi connectivity index (χ0) is 23.3. The zero-order valence-corrected chi connectivity index (χ0v) is 20.3. The lowest BCUT2D eigenvalue weighted by atomic mass is 10.1. The fraction of sp³-hybridized carbons (Fsp3) is 0.500. The van der Waals surface area contributed by atoms with E-state index in [9.17, 15) is 18.0 Å². The Bertz CT molecular complexity index is 1060. The van der Waals surface area contributed by atoms with E-state index in [0.717, 1.165) is 30.6 Å². The first-order valence-electron chi connectivity index (χ1n) is 10.8. The predicted octanol–water partition coefficient (Wildman–Crippen LogP) is 4.01. The van der Waals surface area contributed by atoms with Crippen molar-refractivity contribution in [3.63, 3.8) is 0 Å². The Hall–Kier alpha value is -2.46. The van der Waals surface area contributed by atoms with Crippen LogP contribution in [0.15, 0.2) is 24.3 Å². The molecular formula is C22H29N3O5S2. The summed E-state index contributed by atoms with van der Waals surface area (Å²) in [6, 6.07) is 6.62. The van der Waals surface area contributed by atoms with Gasteiger partial charge in [0.15, 0.2) is 5.13 Å². The molecule has 0 aliphatic carbocycles. The molecule has 0 radical (unpaired) electrons. The van der Waals surface area contributed by atoms with Gasteiger partial charge in [-0.05, 0) is 51.0 Å². The molecule has 1 aliphatic rings. The number of unbranched alkanes of at least 4 members (excludes halogenated alkanes) is 2. The van der Waals surface area contributed by atoms with Crippen LogP contribution in [0.2, 0.25) is 0 Å². The van der Waals surface area contributed by atoms with Crippen molar-refractivity contribution in [2.75, 3.05) is 34.7 Å². The number of aryl methyl sites for hydroxylation is 1. The van der Waals surface area contributed by atoms with Crippen LogP contribution in [-0.2, 0) is 14.8 Å². The van der Waals surface area contributed by atoms with Gasteiger partial charge in [0.2, 0.25) is 10.0 Å². The minimum absolute atomic E-state index is 0.144. The van der Waals surface area contributed by atoms with Gasteiger partial charge in [-0.1, -0.05) is 31.1 Å². The molecule has 0 bridgehead atoms. The molecule has 10 heteroatoms. The predicted molar refractivity (Wildman–Crippen MR) is 126 cm³/mol. The van der Waals surface area contributed by atoms with Crippen molar-refractivity contribution in [2.45, 2.75) is 46.5 Å². The van der Waals surface area contributed by atoms with Crippen molar-refractivity contribution < 1.29 is 22.7 Å². The third kappa shape index (κ3) is 5.29. The quantitative estimate of drug-likeness (QED) is 0.398. The summed E-state index contributed by atoms with van der Waals surface area (Å²) < 4.78 is 30.8. The van der Waals surface area contributed by atoms with E-state index in [1.165, 1.54) is 4.31 Å². The smallest absolute Gasteiger partial charge is 0.350 e. The normalized spacial score (nSPS) is 15.0. The number of thiazole rings is 1. The molecule has 32 heavy (non-hydrogen) atoms. The fourth-order valence-electron chi connectivity index (χ4n) is 3.54. The van der Waals surface area contributed by atoms with Gasteiger partial charge >= 0.3 is 5.97 Å². The standard InChI is InChI=1S/C22H29N3O5S2/c1-4-6-7-13-24(22-23-16(3)19(31-22)21(27)30-5-2)20(26)17-9-11-18(12-10-17)25-14-8-15-32(25,28)29/h9-12H,4-8,13-15H2,1-3H3. The molecule has 1 aromatic heterocycles. The van der Waals surface area contributed by atoms with Gasteiger partial charge in [0, 0.05) is 18.7 Å². The molecule has 0 unspecified atom stereocenters. The maximum Gasteiger partial charge on any atom is 0.350 e. The SMILES string of the molecule is CCCCCN(C(=O)c1ccc(N2CCCS2(=O)=O)cc1)c1nc(C)c(C(=O)OCC)s1. The summed E-state index contributed by atoms with van der Waals surface area (Å²) in [6.07, 6.45) is 3.37. The van der Waals surface area contributed by atoms with Crippen molar-refractivity contribution in [1.29, 1.82) is 0 Å². The van der Waals surface area contributed by atoms with Gasteiger partial charge < -0.3 is 4.74 Å². The molecule has 8 nitrogen and oxygen atoms in total. The molecule has 1 saturated heterocycles. The number of rotatable bonds is 9. The summed E-state index contributed by atoms with van der Waals surface area (Å²) in [7, 11) is -3.28.